The maximum Gasteiger partial charge on any atom is 0.242 e. The lowest BCUT2D eigenvalue weighted by Crippen LogP contribution is -2.35. The van der Waals surface area contributed by atoms with Crippen LogP contribution in [0.15, 0.2) is 34.9 Å². The van der Waals surface area contributed by atoms with Gasteiger partial charge < -0.3 is 9.47 Å². The molecule has 0 unspecified atom stereocenters. The Balaban J connectivity index is 2.28. The van der Waals surface area contributed by atoms with E-state index in [-0.39, 0.29) is 11.9 Å². The summed E-state index contributed by atoms with van der Waals surface area (Å²) < 4.78 is 3.05. The first-order chi connectivity index (χ1) is 8.50. The summed E-state index contributed by atoms with van der Waals surface area (Å²) in [5.41, 5.74) is 1.08. The second-order valence-corrected chi connectivity index (χ2v) is 5.57. The Kier molecular flexibility index (Phi) is 3.76. The molecule has 0 aliphatic carbocycles. The molecule has 0 fully saturated rings. The minimum atomic E-state index is 0.127. The van der Waals surface area contributed by atoms with Crippen molar-refractivity contribution in [1.82, 2.24) is 9.47 Å². The number of halogens is 1. The van der Waals surface area contributed by atoms with E-state index in [4.69, 9.17) is 0 Å². The molecule has 1 heterocycles. The minimum absolute atomic E-state index is 0.127. The van der Waals surface area contributed by atoms with Gasteiger partial charge in [0.05, 0.1) is 0 Å². The standard InChI is InChI=1S/C14H17BrN2O/c1-10(2)16(3)14(18)9-17-8-7-11-12(15)5-4-6-13(11)17/h4-8,10H,9H2,1-3H3. The van der Waals surface area contributed by atoms with Crippen molar-refractivity contribution in [3.63, 3.8) is 0 Å². The van der Waals surface area contributed by atoms with Crippen molar-refractivity contribution < 1.29 is 4.79 Å². The number of hydrogen-bond donors (Lipinski definition) is 0. The number of aromatic nitrogens is 1. The molecule has 0 saturated carbocycles. The van der Waals surface area contributed by atoms with E-state index < -0.39 is 0 Å². The second-order valence-electron chi connectivity index (χ2n) is 4.71. The number of benzene rings is 1. The van der Waals surface area contributed by atoms with Gasteiger partial charge in [-0.1, -0.05) is 22.0 Å². The van der Waals surface area contributed by atoms with E-state index in [1.807, 2.05) is 55.9 Å². The molecule has 1 aromatic heterocycles. The van der Waals surface area contributed by atoms with Gasteiger partial charge in [0.25, 0.3) is 0 Å². The van der Waals surface area contributed by atoms with Crippen LogP contribution in [0.5, 0.6) is 0 Å². The van der Waals surface area contributed by atoms with E-state index >= 15 is 0 Å². The molecule has 0 saturated heterocycles. The van der Waals surface area contributed by atoms with Crippen LogP contribution in [0.1, 0.15) is 13.8 Å². The number of hydrogen-bond acceptors (Lipinski definition) is 1. The SMILES string of the molecule is CC(C)N(C)C(=O)Cn1ccc2c(Br)cccc21. The molecule has 2 aromatic rings. The van der Waals surface area contributed by atoms with E-state index in [0.29, 0.717) is 6.54 Å². The van der Waals surface area contributed by atoms with Gasteiger partial charge in [0.2, 0.25) is 5.91 Å². The number of carbonyl (C=O) groups excluding carboxylic acids is 1. The van der Waals surface area contributed by atoms with Crippen molar-refractivity contribution in [1.29, 1.82) is 0 Å². The summed E-state index contributed by atoms with van der Waals surface area (Å²) in [5.74, 6) is 0.127. The zero-order valence-corrected chi connectivity index (χ0v) is 12.4. The lowest BCUT2D eigenvalue weighted by Gasteiger charge is -2.21. The van der Waals surface area contributed by atoms with Gasteiger partial charge in [-0.25, -0.2) is 0 Å². The van der Waals surface area contributed by atoms with Crippen LogP contribution in [0, 0.1) is 0 Å². The summed E-state index contributed by atoms with van der Waals surface area (Å²) in [6, 6.07) is 8.28. The first kappa shape index (κ1) is 13.1. The summed E-state index contributed by atoms with van der Waals surface area (Å²) in [4.78, 5) is 13.8. The average Bonchev–Trinajstić information content (AvgIpc) is 2.73. The average molecular weight is 309 g/mol. The van der Waals surface area contributed by atoms with Gasteiger partial charge in [0.15, 0.2) is 0 Å². The lowest BCUT2D eigenvalue weighted by atomic mass is 10.2. The third-order valence-electron chi connectivity index (χ3n) is 3.23. The predicted octanol–water partition coefficient (Wildman–Crippen LogP) is 3.27. The smallest absolute Gasteiger partial charge is 0.242 e. The highest BCUT2D eigenvalue weighted by Gasteiger charge is 2.13. The van der Waals surface area contributed by atoms with Gasteiger partial charge in [-0.05, 0) is 32.0 Å². The Morgan fingerprint density at radius 3 is 2.78 bits per heavy atom. The second kappa shape index (κ2) is 5.14. The molecule has 0 radical (unpaired) electrons. The lowest BCUT2D eigenvalue weighted by molar-refractivity contribution is -0.131. The largest absolute Gasteiger partial charge is 0.342 e. The van der Waals surface area contributed by atoms with Crippen molar-refractivity contribution >= 4 is 32.7 Å². The predicted molar refractivity (Wildman–Crippen MR) is 77.5 cm³/mol. The Morgan fingerprint density at radius 2 is 2.11 bits per heavy atom. The number of fused-ring (bicyclic) bond motifs is 1. The van der Waals surface area contributed by atoms with E-state index in [1.165, 1.54) is 0 Å². The summed E-state index contributed by atoms with van der Waals surface area (Å²) in [6.07, 6.45) is 1.96. The molecule has 0 N–H and O–H groups in total. The summed E-state index contributed by atoms with van der Waals surface area (Å²) in [7, 11) is 1.84. The molecule has 2 rings (SSSR count). The van der Waals surface area contributed by atoms with Crippen LogP contribution >= 0.6 is 15.9 Å². The van der Waals surface area contributed by atoms with Crippen LogP contribution in [-0.2, 0) is 11.3 Å². The monoisotopic (exact) mass is 308 g/mol. The van der Waals surface area contributed by atoms with Crippen LogP contribution < -0.4 is 0 Å². The maximum absolute atomic E-state index is 12.1. The van der Waals surface area contributed by atoms with Crippen molar-refractivity contribution in [3.8, 4) is 0 Å². The molecule has 0 aliphatic heterocycles. The van der Waals surface area contributed by atoms with E-state index in [2.05, 4.69) is 15.9 Å². The maximum atomic E-state index is 12.1. The summed E-state index contributed by atoms with van der Waals surface area (Å²) in [5, 5.41) is 1.14. The molecule has 18 heavy (non-hydrogen) atoms. The summed E-state index contributed by atoms with van der Waals surface area (Å²) >= 11 is 3.52. The minimum Gasteiger partial charge on any atom is -0.342 e. The zero-order chi connectivity index (χ0) is 13.3. The van der Waals surface area contributed by atoms with Crippen molar-refractivity contribution in [2.24, 2.45) is 0 Å². The van der Waals surface area contributed by atoms with E-state index in [9.17, 15) is 4.79 Å². The van der Waals surface area contributed by atoms with Gasteiger partial charge >= 0.3 is 0 Å². The fourth-order valence-corrected chi connectivity index (χ4v) is 2.36. The fraction of sp³-hybridized carbons (Fsp3) is 0.357. The highest BCUT2D eigenvalue weighted by Crippen LogP contribution is 2.24. The summed E-state index contributed by atoms with van der Waals surface area (Å²) in [6.45, 7) is 4.42. The molecule has 0 spiro atoms. The Bertz CT molecular complexity index is 574. The molecule has 3 nitrogen and oxygen atoms in total. The molecule has 1 aromatic carbocycles. The molecule has 0 aliphatic rings. The van der Waals surface area contributed by atoms with Crippen LogP contribution in [0.3, 0.4) is 0 Å². The van der Waals surface area contributed by atoms with Gasteiger partial charge in [0, 0.05) is 34.7 Å². The normalized spacial score (nSPS) is 11.2. The number of amides is 1. The Labute approximate surface area is 116 Å². The third-order valence-corrected chi connectivity index (χ3v) is 3.93. The topological polar surface area (TPSA) is 25.2 Å². The van der Waals surface area contributed by atoms with Crippen molar-refractivity contribution in [2.75, 3.05) is 7.05 Å². The van der Waals surface area contributed by atoms with Crippen LogP contribution in [0.2, 0.25) is 0 Å². The highest BCUT2D eigenvalue weighted by molar-refractivity contribution is 9.10. The zero-order valence-electron chi connectivity index (χ0n) is 10.9. The number of carbonyl (C=O) groups is 1. The first-order valence-electron chi connectivity index (χ1n) is 5.99. The van der Waals surface area contributed by atoms with Gasteiger partial charge in [0.1, 0.15) is 6.54 Å². The number of rotatable bonds is 3. The van der Waals surface area contributed by atoms with Gasteiger partial charge in [-0.3, -0.25) is 4.79 Å². The molecular weight excluding hydrogens is 292 g/mol. The Morgan fingerprint density at radius 1 is 1.39 bits per heavy atom. The fourth-order valence-electron chi connectivity index (χ4n) is 1.87. The first-order valence-corrected chi connectivity index (χ1v) is 6.79. The van der Waals surface area contributed by atoms with Gasteiger partial charge in [-0.2, -0.15) is 0 Å². The molecule has 96 valence electrons. The number of likely N-dealkylation sites (N-methyl/N-ethyl adjacent to an activating group) is 1. The quantitative estimate of drug-likeness (QED) is 0.854. The van der Waals surface area contributed by atoms with E-state index in [0.717, 1.165) is 15.4 Å². The van der Waals surface area contributed by atoms with Crippen molar-refractivity contribution in [2.45, 2.75) is 26.4 Å². The van der Waals surface area contributed by atoms with E-state index in [1.54, 1.807) is 4.90 Å². The highest BCUT2D eigenvalue weighted by atomic mass is 79.9. The van der Waals surface area contributed by atoms with Crippen LogP contribution in [-0.4, -0.2) is 28.5 Å². The molecule has 0 atom stereocenters. The molecule has 4 heteroatoms. The Hall–Kier alpha value is -1.29. The molecule has 0 bridgehead atoms. The molecule has 1 amide bonds. The van der Waals surface area contributed by atoms with Crippen LogP contribution in [0.25, 0.3) is 10.9 Å². The molecular formula is C14H17BrN2O. The van der Waals surface area contributed by atoms with Crippen LogP contribution in [0.4, 0.5) is 0 Å². The third kappa shape index (κ3) is 2.43. The number of nitrogens with zero attached hydrogens (tertiary/aromatic N) is 2. The van der Waals surface area contributed by atoms with Gasteiger partial charge in [-0.15, -0.1) is 0 Å². The van der Waals surface area contributed by atoms with Crippen molar-refractivity contribution in [3.05, 3.63) is 34.9 Å².